The molecule has 0 aliphatic carbocycles. The molecule has 0 saturated carbocycles. The van der Waals surface area contributed by atoms with Crippen LogP contribution in [0.3, 0.4) is 0 Å². The highest BCUT2D eigenvalue weighted by molar-refractivity contribution is 5.94. The first-order chi connectivity index (χ1) is 9.19. The van der Waals surface area contributed by atoms with Crippen LogP contribution < -0.4 is 5.32 Å². The van der Waals surface area contributed by atoms with E-state index >= 15 is 0 Å². The first kappa shape index (κ1) is 16.7. The van der Waals surface area contributed by atoms with Crippen LogP contribution in [0.15, 0.2) is 30.3 Å². The Morgan fingerprint density at radius 3 is 2.25 bits per heavy atom. The number of para-hydroxylation sites is 1. The minimum atomic E-state index is -0.545. The van der Waals surface area contributed by atoms with E-state index in [0.717, 1.165) is 5.69 Å². The second-order valence-electron chi connectivity index (χ2n) is 6.53. The number of hydrogen-bond donors (Lipinski definition) is 2. The number of anilines is 1. The van der Waals surface area contributed by atoms with Gasteiger partial charge in [-0.15, -0.1) is 0 Å². The summed E-state index contributed by atoms with van der Waals surface area (Å²) < 4.78 is 0. The molecular weight excluding hydrogens is 252 g/mol. The van der Waals surface area contributed by atoms with Gasteiger partial charge in [-0.05, 0) is 46.9 Å². The van der Waals surface area contributed by atoms with Crippen LogP contribution in [0.1, 0.15) is 27.7 Å². The lowest BCUT2D eigenvalue weighted by Crippen LogP contribution is -2.50. The average molecular weight is 278 g/mol. The Bertz CT molecular complexity index is 441. The van der Waals surface area contributed by atoms with E-state index in [0.29, 0.717) is 6.54 Å². The molecule has 0 fully saturated rings. The van der Waals surface area contributed by atoms with Crippen LogP contribution in [0.25, 0.3) is 0 Å². The molecule has 0 aliphatic heterocycles. The number of hydrogen-bond acceptors (Lipinski definition) is 3. The number of aliphatic hydroxyl groups excluding tert-OH is 1. The van der Waals surface area contributed by atoms with Gasteiger partial charge < -0.3 is 10.4 Å². The van der Waals surface area contributed by atoms with Crippen molar-refractivity contribution in [1.82, 2.24) is 4.90 Å². The van der Waals surface area contributed by atoms with Gasteiger partial charge in [0.1, 0.15) is 0 Å². The Kier molecular flexibility index (Phi) is 5.31. The second kappa shape index (κ2) is 6.37. The third-order valence-corrected chi connectivity index (χ3v) is 3.70. The van der Waals surface area contributed by atoms with E-state index in [1.165, 1.54) is 0 Å². The molecule has 0 saturated heterocycles. The van der Waals surface area contributed by atoms with Gasteiger partial charge in [0.2, 0.25) is 5.91 Å². The zero-order valence-electron chi connectivity index (χ0n) is 13.1. The Labute approximate surface area is 121 Å². The van der Waals surface area contributed by atoms with E-state index in [1.54, 1.807) is 0 Å². The molecule has 20 heavy (non-hydrogen) atoms. The summed E-state index contributed by atoms with van der Waals surface area (Å²) in [6.07, 6.45) is 0. The predicted molar refractivity (Wildman–Crippen MR) is 82.6 cm³/mol. The molecule has 0 unspecified atom stereocenters. The van der Waals surface area contributed by atoms with Crippen LogP contribution in [0.5, 0.6) is 0 Å². The fourth-order valence-electron chi connectivity index (χ4n) is 1.82. The lowest BCUT2D eigenvalue weighted by atomic mass is 9.89. The van der Waals surface area contributed by atoms with Gasteiger partial charge >= 0.3 is 0 Å². The van der Waals surface area contributed by atoms with Gasteiger partial charge in [0.25, 0.3) is 0 Å². The van der Waals surface area contributed by atoms with E-state index in [4.69, 9.17) is 0 Å². The summed E-state index contributed by atoms with van der Waals surface area (Å²) in [6, 6.07) is 9.44. The maximum atomic E-state index is 12.4. The molecule has 0 heterocycles. The summed E-state index contributed by atoms with van der Waals surface area (Å²) in [5.41, 5.74) is -0.0870. The van der Waals surface area contributed by atoms with E-state index in [1.807, 2.05) is 70.0 Å². The van der Waals surface area contributed by atoms with Crippen molar-refractivity contribution >= 4 is 11.6 Å². The third-order valence-electron chi connectivity index (χ3n) is 3.70. The van der Waals surface area contributed by atoms with Gasteiger partial charge in [-0.3, -0.25) is 9.69 Å². The molecule has 4 nitrogen and oxygen atoms in total. The van der Waals surface area contributed by atoms with Gasteiger partial charge in [0.15, 0.2) is 0 Å². The van der Waals surface area contributed by atoms with Crippen molar-refractivity contribution in [3.05, 3.63) is 30.3 Å². The summed E-state index contributed by atoms with van der Waals surface area (Å²) in [4.78, 5) is 14.4. The molecule has 1 aromatic carbocycles. The highest BCUT2D eigenvalue weighted by atomic mass is 16.3. The van der Waals surface area contributed by atoms with E-state index < -0.39 is 5.41 Å². The minimum Gasteiger partial charge on any atom is -0.394 e. The fourth-order valence-corrected chi connectivity index (χ4v) is 1.82. The number of nitrogens with zero attached hydrogens (tertiary/aromatic N) is 1. The molecule has 4 heteroatoms. The van der Waals surface area contributed by atoms with Gasteiger partial charge in [0, 0.05) is 17.8 Å². The summed E-state index contributed by atoms with van der Waals surface area (Å²) >= 11 is 0. The zero-order valence-corrected chi connectivity index (χ0v) is 13.1. The number of carbonyl (C=O) groups is 1. The van der Waals surface area contributed by atoms with Crippen molar-refractivity contribution in [2.24, 2.45) is 5.41 Å². The first-order valence-electron chi connectivity index (χ1n) is 6.88. The van der Waals surface area contributed by atoms with Gasteiger partial charge in [-0.2, -0.15) is 0 Å². The SMILES string of the molecule is CN(CC(C)(C)C(=O)Nc1ccccc1)C(C)(C)CO. The molecule has 1 aromatic rings. The lowest BCUT2D eigenvalue weighted by Gasteiger charge is -2.38. The normalized spacial score (nSPS) is 12.6. The highest BCUT2D eigenvalue weighted by Gasteiger charge is 2.33. The summed E-state index contributed by atoms with van der Waals surface area (Å²) in [7, 11) is 1.92. The Morgan fingerprint density at radius 2 is 1.75 bits per heavy atom. The van der Waals surface area contributed by atoms with Gasteiger partial charge in [-0.1, -0.05) is 18.2 Å². The van der Waals surface area contributed by atoms with Crippen molar-refractivity contribution in [3.63, 3.8) is 0 Å². The Balaban J connectivity index is 2.71. The largest absolute Gasteiger partial charge is 0.394 e. The molecule has 0 aliphatic rings. The van der Waals surface area contributed by atoms with Crippen molar-refractivity contribution in [2.45, 2.75) is 33.2 Å². The number of amides is 1. The van der Waals surface area contributed by atoms with Crippen LogP contribution in [-0.4, -0.2) is 41.7 Å². The molecule has 0 aromatic heterocycles. The molecule has 112 valence electrons. The van der Waals surface area contributed by atoms with Crippen LogP contribution >= 0.6 is 0 Å². The molecule has 1 rings (SSSR count). The van der Waals surface area contributed by atoms with Crippen molar-refractivity contribution in [2.75, 3.05) is 25.5 Å². The average Bonchev–Trinajstić information content (AvgIpc) is 2.39. The first-order valence-corrected chi connectivity index (χ1v) is 6.88. The molecule has 1 amide bonds. The maximum absolute atomic E-state index is 12.4. The van der Waals surface area contributed by atoms with Crippen LogP contribution in [0.2, 0.25) is 0 Å². The molecule has 0 atom stereocenters. The monoisotopic (exact) mass is 278 g/mol. The summed E-state index contributed by atoms with van der Waals surface area (Å²) in [6.45, 7) is 8.36. The summed E-state index contributed by atoms with van der Waals surface area (Å²) in [5.74, 6) is -0.0238. The molecule has 0 bridgehead atoms. The highest BCUT2D eigenvalue weighted by Crippen LogP contribution is 2.23. The van der Waals surface area contributed by atoms with Gasteiger partial charge in [-0.25, -0.2) is 0 Å². The number of nitrogens with one attached hydrogen (secondary N) is 1. The van der Waals surface area contributed by atoms with Crippen LogP contribution in [-0.2, 0) is 4.79 Å². The number of aliphatic hydroxyl groups is 1. The topological polar surface area (TPSA) is 52.6 Å². The molecule has 0 radical (unpaired) electrons. The predicted octanol–water partition coefficient (Wildman–Crippen LogP) is 2.35. The molecule has 0 spiro atoms. The number of benzene rings is 1. The number of rotatable bonds is 6. The van der Waals surface area contributed by atoms with Crippen LogP contribution in [0.4, 0.5) is 5.69 Å². The standard InChI is InChI=1S/C16H26N2O2/c1-15(2,11-18(5)16(3,4)12-19)14(20)17-13-9-7-6-8-10-13/h6-10,19H,11-12H2,1-5H3,(H,17,20). The van der Waals surface area contributed by atoms with Crippen molar-refractivity contribution < 1.29 is 9.90 Å². The number of carbonyl (C=O) groups excluding carboxylic acids is 1. The maximum Gasteiger partial charge on any atom is 0.231 e. The van der Waals surface area contributed by atoms with E-state index in [9.17, 15) is 9.90 Å². The molecular formula is C16H26N2O2. The number of likely N-dealkylation sites (N-methyl/N-ethyl adjacent to an activating group) is 1. The molecule has 2 N–H and O–H groups in total. The smallest absolute Gasteiger partial charge is 0.231 e. The van der Waals surface area contributed by atoms with Gasteiger partial charge in [0.05, 0.1) is 12.0 Å². The third kappa shape index (κ3) is 4.32. The van der Waals surface area contributed by atoms with Crippen LogP contribution in [0, 0.1) is 5.41 Å². The minimum absolute atomic E-state index is 0.0238. The second-order valence-corrected chi connectivity index (χ2v) is 6.53. The Hall–Kier alpha value is -1.39. The lowest BCUT2D eigenvalue weighted by molar-refractivity contribution is -0.125. The van der Waals surface area contributed by atoms with E-state index in [-0.39, 0.29) is 18.1 Å². The quantitative estimate of drug-likeness (QED) is 0.840. The van der Waals surface area contributed by atoms with Crippen molar-refractivity contribution in [1.29, 1.82) is 0 Å². The van der Waals surface area contributed by atoms with E-state index in [2.05, 4.69) is 5.32 Å². The van der Waals surface area contributed by atoms with Crippen molar-refractivity contribution in [3.8, 4) is 0 Å². The fraction of sp³-hybridized carbons (Fsp3) is 0.562. The summed E-state index contributed by atoms with van der Waals surface area (Å²) in [5, 5.41) is 12.3. The Morgan fingerprint density at radius 1 is 1.20 bits per heavy atom. The zero-order chi connectivity index (χ0) is 15.4.